The molecule has 0 spiro atoms. The van der Waals surface area contributed by atoms with E-state index in [1.165, 1.54) is 5.69 Å². The second-order valence-corrected chi connectivity index (χ2v) is 6.24. The molecule has 0 atom stereocenters. The number of nitrogens with two attached hydrogens (primary N) is 1. The quantitative estimate of drug-likeness (QED) is 0.638. The normalized spacial score (nSPS) is 13.0. The topological polar surface area (TPSA) is 53.8 Å². The number of H-pyrrole nitrogens is 1. The van der Waals surface area contributed by atoms with Crippen LogP contribution >= 0.6 is 0 Å². The van der Waals surface area contributed by atoms with Gasteiger partial charge in [-0.15, -0.1) is 0 Å². The highest BCUT2D eigenvalue weighted by Gasteiger charge is 2.20. The largest absolute Gasteiger partial charge is 0.365 e. The monoisotopic (exact) mass is 237 g/mol. The van der Waals surface area contributed by atoms with Gasteiger partial charge in [-0.05, 0) is 45.4 Å². The zero-order chi connectivity index (χ0) is 12.9. The van der Waals surface area contributed by atoms with E-state index in [2.05, 4.69) is 44.1 Å². The molecule has 1 heterocycles. The van der Waals surface area contributed by atoms with E-state index in [1.807, 2.05) is 12.3 Å². The first-order valence-corrected chi connectivity index (χ1v) is 6.45. The molecule has 0 saturated carbocycles. The Hall–Kier alpha value is -0.800. The molecule has 1 aromatic rings. The molecule has 17 heavy (non-hydrogen) atoms. The standard InChI is InChI=1S/C14H27N3/c1-13(2,12-7-5-10-17-12)11-16-9-6-8-14(3,4)15/h5,7,10,16-17H,6,8-9,11,15H2,1-4H3. The van der Waals surface area contributed by atoms with Crippen molar-refractivity contribution >= 4 is 0 Å². The van der Waals surface area contributed by atoms with E-state index in [9.17, 15) is 0 Å². The highest BCUT2D eigenvalue weighted by Crippen LogP contribution is 2.19. The fourth-order valence-corrected chi connectivity index (χ4v) is 1.92. The number of nitrogens with one attached hydrogen (secondary N) is 2. The molecule has 3 heteroatoms. The first-order chi connectivity index (χ1) is 7.81. The van der Waals surface area contributed by atoms with E-state index in [4.69, 9.17) is 5.73 Å². The first-order valence-electron chi connectivity index (χ1n) is 6.45. The van der Waals surface area contributed by atoms with Crippen LogP contribution < -0.4 is 11.1 Å². The summed E-state index contributed by atoms with van der Waals surface area (Å²) in [4.78, 5) is 3.28. The molecule has 0 bridgehead atoms. The summed E-state index contributed by atoms with van der Waals surface area (Å²) in [7, 11) is 0. The van der Waals surface area contributed by atoms with Crippen LogP contribution in [0, 0.1) is 0 Å². The molecule has 0 fully saturated rings. The minimum atomic E-state index is -0.0450. The molecule has 0 aromatic carbocycles. The summed E-state index contributed by atoms with van der Waals surface area (Å²) >= 11 is 0. The third-order valence-corrected chi connectivity index (χ3v) is 3.07. The van der Waals surface area contributed by atoms with Gasteiger partial charge in [0.2, 0.25) is 0 Å². The molecular weight excluding hydrogens is 210 g/mol. The fraction of sp³-hybridized carbons (Fsp3) is 0.714. The smallest absolute Gasteiger partial charge is 0.0217 e. The van der Waals surface area contributed by atoms with Crippen molar-refractivity contribution in [3.63, 3.8) is 0 Å². The van der Waals surface area contributed by atoms with Crippen LogP contribution in [-0.2, 0) is 5.41 Å². The van der Waals surface area contributed by atoms with Crippen LogP contribution in [0.25, 0.3) is 0 Å². The summed E-state index contributed by atoms with van der Waals surface area (Å²) in [5, 5.41) is 3.51. The van der Waals surface area contributed by atoms with Crippen molar-refractivity contribution in [1.82, 2.24) is 10.3 Å². The maximum absolute atomic E-state index is 5.95. The van der Waals surface area contributed by atoms with E-state index in [0.717, 1.165) is 25.9 Å². The summed E-state index contributed by atoms with van der Waals surface area (Å²) in [6.45, 7) is 10.7. The van der Waals surface area contributed by atoms with Crippen molar-refractivity contribution < 1.29 is 0 Å². The third-order valence-electron chi connectivity index (χ3n) is 3.07. The molecule has 0 aliphatic heterocycles. The number of aromatic nitrogens is 1. The lowest BCUT2D eigenvalue weighted by atomic mass is 9.89. The molecule has 0 saturated heterocycles. The molecule has 0 aliphatic carbocycles. The van der Waals surface area contributed by atoms with Crippen LogP contribution in [0.15, 0.2) is 18.3 Å². The summed E-state index contributed by atoms with van der Waals surface area (Å²) in [6.07, 6.45) is 4.17. The Morgan fingerprint density at radius 2 is 2.00 bits per heavy atom. The van der Waals surface area contributed by atoms with Crippen LogP contribution in [0.1, 0.15) is 46.2 Å². The minimum Gasteiger partial charge on any atom is -0.365 e. The lowest BCUT2D eigenvalue weighted by molar-refractivity contribution is 0.420. The van der Waals surface area contributed by atoms with Gasteiger partial charge in [0.15, 0.2) is 0 Å². The van der Waals surface area contributed by atoms with Gasteiger partial charge in [0.25, 0.3) is 0 Å². The van der Waals surface area contributed by atoms with Gasteiger partial charge in [-0.25, -0.2) is 0 Å². The van der Waals surface area contributed by atoms with Crippen LogP contribution in [0.4, 0.5) is 0 Å². The second-order valence-electron chi connectivity index (χ2n) is 6.24. The molecule has 98 valence electrons. The van der Waals surface area contributed by atoms with Gasteiger partial charge in [-0.3, -0.25) is 0 Å². The van der Waals surface area contributed by atoms with Gasteiger partial charge >= 0.3 is 0 Å². The molecular formula is C14H27N3. The zero-order valence-corrected chi connectivity index (χ0v) is 11.6. The van der Waals surface area contributed by atoms with E-state index < -0.39 is 0 Å². The second kappa shape index (κ2) is 5.69. The summed E-state index contributed by atoms with van der Waals surface area (Å²) < 4.78 is 0. The fourth-order valence-electron chi connectivity index (χ4n) is 1.92. The predicted octanol–water partition coefficient (Wildman–Crippen LogP) is 2.40. The highest BCUT2D eigenvalue weighted by molar-refractivity contribution is 5.15. The Morgan fingerprint density at radius 3 is 2.53 bits per heavy atom. The van der Waals surface area contributed by atoms with Crippen molar-refractivity contribution in [2.75, 3.05) is 13.1 Å². The third kappa shape index (κ3) is 5.37. The molecule has 4 N–H and O–H groups in total. The van der Waals surface area contributed by atoms with Crippen LogP contribution in [0.2, 0.25) is 0 Å². The summed E-state index contributed by atoms with van der Waals surface area (Å²) in [5.74, 6) is 0. The first kappa shape index (κ1) is 14.3. The van der Waals surface area contributed by atoms with E-state index >= 15 is 0 Å². The molecule has 1 aromatic heterocycles. The summed E-state index contributed by atoms with van der Waals surface area (Å²) in [6, 6.07) is 4.19. The minimum absolute atomic E-state index is 0.0450. The average molecular weight is 237 g/mol. The Balaban J connectivity index is 2.23. The Kier molecular flexibility index (Phi) is 4.78. The number of hydrogen-bond donors (Lipinski definition) is 3. The molecule has 1 rings (SSSR count). The molecule has 0 amide bonds. The molecule has 3 nitrogen and oxygen atoms in total. The summed E-state index contributed by atoms with van der Waals surface area (Å²) in [5.41, 5.74) is 7.34. The van der Waals surface area contributed by atoms with Gasteiger partial charge in [0.05, 0.1) is 0 Å². The number of rotatable bonds is 7. The van der Waals surface area contributed by atoms with Crippen molar-refractivity contribution in [2.45, 2.75) is 51.5 Å². The maximum Gasteiger partial charge on any atom is 0.0217 e. The zero-order valence-electron chi connectivity index (χ0n) is 11.6. The van der Waals surface area contributed by atoms with Crippen LogP contribution in [0.5, 0.6) is 0 Å². The van der Waals surface area contributed by atoms with Gasteiger partial charge in [-0.1, -0.05) is 13.8 Å². The van der Waals surface area contributed by atoms with Crippen molar-refractivity contribution in [3.8, 4) is 0 Å². The SMILES string of the molecule is CC(C)(N)CCCNCC(C)(C)c1ccc[nH]1. The Morgan fingerprint density at radius 1 is 1.29 bits per heavy atom. The maximum atomic E-state index is 5.95. The van der Waals surface area contributed by atoms with Crippen molar-refractivity contribution in [3.05, 3.63) is 24.0 Å². The molecule has 0 aliphatic rings. The van der Waals surface area contributed by atoms with Crippen molar-refractivity contribution in [2.24, 2.45) is 5.73 Å². The van der Waals surface area contributed by atoms with Gasteiger partial charge in [-0.2, -0.15) is 0 Å². The Bertz CT molecular complexity index is 307. The van der Waals surface area contributed by atoms with Crippen LogP contribution in [-0.4, -0.2) is 23.6 Å². The van der Waals surface area contributed by atoms with Gasteiger partial charge < -0.3 is 16.0 Å². The van der Waals surface area contributed by atoms with Crippen molar-refractivity contribution in [1.29, 1.82) is 0 Å². The predicted molar refractivity (Wildman–Crippen MR) is 74.2 cm³/mol. The molecule has 0 unspecified atom stereocenters. The van der Waals surface area contributed by atoms with Gasteiger partial charge in [0, 0.05) is 29.4 Å². The van der Waals surface area contributed by atoms with E-state index in [0.29, 0.717) is 0 Å². The van der Waals surface area contributed by atoms with E-state index in [-0.39, 0.29) is 11.0 Å². The highest BCUT2D eigenvalue weighted by atomic mass is 14.9. The van der Waals surface area contributed by atoms with E-state index in [1.54, 1.807) is 0 Å². The van der Waals surface area contributed by atoms with Gasteiger partial charge in [0.1, 0.15) is 0 Å². The number of hydrogen-bond acceptors (Lipinski definition) is 2. The lowest BCUT2D eigenvalue weighted by Gasteiger charge is -2.24. The van der Waals surface area contributed by atoms with Crippen LogP contribution in [0.3, 0.4) is 0 Å². The number of aromatic amines is 1. The lowest BCUT2D eigenvalue weighted by Crippen LogP contribution is -2.36. The molecule has 0 radical (unpaired) electrons. The average Bonchev–Trinajstić information content (AvgIpc) is 2.68. The Labute approximate surface area is 105 Å².